The lowest BCUT2D eigenvalue weighted by molar-refractivity contribution is -0.146. The molecule has 3 aromatic rings. The molecule has 0 unspecified atom stereocenters. The van der Waals surface area contributed by atoms with Crippen LogP contribution in [0.2, 0.25) is 5.02 Å². The second kappa shape index (κ2) is 8.04. The maximum atomic E-state index is 12.2. The molecule has 1 N–H and O–H groups in total. The Morgan fingerprint density at radius 1 is 1.25 bits per heavy atom. The molecule has 4 rings (SSSR count). The van der Waals surface area contributed by atoms with Crippen LogP contribution in [-0.2, 0) is 20.9 Å². The number of hydrogen-bond donors (Lipinski definition) is 1. The molecular formula is C19H14ClN3O4S. The zero-order valence-corrected chi connectivity index (χ0v) is 16.0. The first-order chi connectivity index (χ1) is 13.6. The van der Waals surface area contributed by atoms with Gasteiger partial charge in [0.15, 0.2) is 6.61 Å². The maximum Gasteiger partial charge on any atom is 0.307 e. The molecule has 0 saturated carbocycles. The average Bonchev–Trinajstić information content (AvgIpc) is 3.16. The van der Waals surface area contributed by atoms with Gasteiger partial charge in [-0.2, -0.15) is 4.98 Å². The fraction of sp³-hybridized carbons (Fsp3) is 0.158. The predicted octanol–water partition coefficient (Wildman–Crippen LogP) is 3.94. The zero-order chi connectivity index (χ0) is 19.5. The molecule has 0 aliphatic carbocycles. The Morgan fingerprint density at radius 3 is 2.96 bits per heavy atom. The van der Waals surface area contributed by atoms with E-state index in [9.17, 15) is 9.59 Å². The number of thioether (sulfide) groups is 1. The van der Waals surface area contributed by atoms with Gasteiger partial charge in [0.05, 0.1) is 17.4 Å². The summed E-state index contributed by atoms with van der Waals surface area (Å²) in [5.74, 6) is -0.224. The van der Waals surface area contributed by atoms with Crippen molar-refractivity contribution in [3.8, 4) is 11.4 Å². The third kappa shape index (κ3) is 4.18. The van der Waals surface area contributed by atoms with Crippen LogP contribution in [0.25, 0.3) is 11.4 Å². The third-order valence-electron chi connectivity index (χ3n) is 3.97. The molecule has 1 aliphatic heterocycles. The summed E-state index contributed by atoms with van der Waals surface area (Å²) >= 11 is 7.29. The van der Waals surface area contributed by atoms with Crippen LogP contribution < -0.4 is 5.32 Å². The van der Waals surface area contributed by atoms with E-state index in [1.807, 2.05) is 24.3 Å². The number of ether oxygens (including phenoxy) is 1. The van der Waals surface area contributed by atoms with Gasteiger partial charge in [0, 0.05) is 15.5 Å². The largest absolute Gasteiger partial charge is 0.456 e. The Bertz CT molecular complexity index is 1040. The van der Waals surface area contributed by atoms with Crippen molar-refractivity contribution >= 4 is 40.9 Å². The van der Waals surface area contributed by atoms with Gasteiger partial charge in [-0.1, -0.05) is 41.0 Å². The second-order valence-electron chi connectivity index (χ2n) is 5.98. The van der Waals surface area contributed by atoms with Gasteiger partial charge in [0.2, 0.25) is 11.7 Å². The van der Waals surface area contributed by atoms with Crippen molar-refractivity contribution < 1.29 is 18.8 Å². The molecule has 1 aliphatic rings. The van der Waals surface area contributed by atoms with E-state index in [0.29, 0.717) is 16.4 Å². The summed E-state index contributed by atoms with van der Waals surface area (Å²) in [6, 6.07) is 14.5. The molecule has 7 nitrogen and oxygen atoms in total. The standard InChI is InChI=1S/C19H14ClN3O4S/c20-12-5-3-4-11(8-12)18-22-16(27-23-18)10-26-17(24)9-15-19(25)21-13-6-1-2-7-14(13)28-15/h1-8,15H,9-10H2,(H,21,25)/t15-/m1/s1. The molecule has 0 saturated heterocycles. The summed E-state index contributed by atoms with van der Waals surface area (Å²) in [7, 11) is 0. The first-order valence-electron chi connectivity index (χ1n) is 8.39. The first kappa shape index (κ1) is 18.5. The van der Waals surface area contributed by atoms with E-state index >= 15 is 0 Å². The van der Waals surface area contributed by atoms with Gasteiger partial charge in [-0.05, 0) is 24.3 Å². The van der Waals surface area contributed by atoms with Crippen LogP contribution in [0.1, 0.15) is 12.3 Å². The number of fused-ring (bicyclic) bond motifs is 1. The number of benzene rings is 2. The molecule has 2 aromatic carbocycles. The minimum atomic E-state index is -0.549. The number of amides is 1. The molecule has 28 heavy (non-hydrogen) atoms. The molecule has 142 valence electrons. The number of hydrogen-bond acceptors (Lipinski definition) is 7. The summed E-state index contributed by atoms with van der Waals surface area (Å²) < 4.78 is 10.3. The first-order valence-corrected chi connectivity index (χ1v) is 9.65. The molecule has 1 aromatic heterocycles. The summed E-state index contributed by atoms with van der Waals surface area (Å²) in [6.07, 6.45) is -0.0554. The van der Waals surface area contributed by atoms with Crippen LogP contribution >= 0.6 is 23.4 Å². The third-order valence-corrected chi connectivity index (χ3v) is 5.48. The van der Waals surface area contributed by atoms with Crippen molar-refractivity contribution in [3.05, 3.63) is 59.4 Å². The van der Waals surface area contributed by atoms with Crippen molar-refractivity contribution in [1.82, 2.24) is 10.1 Å². The Balaban J connectivity index is 1.33. The Hall–Kier alpha value is -2.84. The van der Waals surface area contributed by atoms with E-state index in [1.54, 1.807) is 24.3 Å². The smallest absolute Gasteiger partial charge is 0.307 e. The highest BCUT2D eigenvalue weighted by molar-refractivity contribution is 8.01. The number of para-hydroxylation sites is 1. The van der Waals surface area contributed by atoms with Crippen LogP contribution in [0.3, 0.4) is 0 Å². The van der Waals surface area contributed by atoms with Gasteiger partial charge in [-0.15, -0.1) is 11.8 Å². The summed E-state index contributed by atoms with van der Waals surface area (Å²) in [4.78, 5) is 29.4. The van der Waals surface area contributed by atoms with Crippen LogP contribution in [-0.4, -0.2) is 27.3 Å². The van der Waals surface area contributed by atoms with Gasteiger partial charge in [-0.25, -0.2) is 0 Å². The van der Waals surface area contributed by atoms with Crippen molar-refractivity contribution in [2.24, 2.45) is 0 Å². The van der Waals surface area contributed by atoms with E-state index in [4.69, 9.17) is 20.9 Å². The summed E-state index contributed by atoms with van der Waals surface area (Å²) in [5, 5.41) is 6.66. The molecule has 0 fully saturated rings. The lowest BCUT2D eigenvalue weighted by atomic mass is 10.2. The molecule has 1 amide bonds. The van der Waals surface area contributed by atoms with Crippen molar-refractivity contribution in [3.63, 3.8) is 0 Å². The van der Waals surface area contributed by atoms with Gasteiger partial charge in [0.1, 0.15) is 0 Å². The normalized spacial score (nSPS) is 15.6. The Labute approximate surface area is 169 Å². The van der Waals surface area contributed by atoms with Crippen molar-refractivity contribution in [1.29, 1.82) is 0 Å². The fourth-order valence-electron chi connectivity index (χ4n) is 2.64. The summed E-state index contributed by atoms with van der Waals surface area (Å²) in [6.45, 7) is -0.165. The van der Waals surface area contributed by atoms with Gasteiger partial charge in [-0.3, -0.25) is 9.59 Å². The summed E-state index contributed by atoms with van der Waals surface area (Å²) in [5.41, 5.74) is 1.45. The molecule has 9 heteroatoms. The highest BCUT2D eigenvalue weighted by atomic mass is 35.5. The number of esters is 1. The van der Waals surface area contributed by atoms with Crippen molar-refractivity contribution in [2.45, 2.75) is 23.2 Å². The number of carbonyl (C=O) groups excluding carboxylic acids is 2. The average molecular weight is 416 g/mol. The van der Waals surface area contributed by atoms with Gasteiger partial charge in [0.25, 0.3) is 5.89 Å². The highest BCUT2D eigenvalue weighted by Gasteiger charge is 2.29. The van der Waals surface area contributed by atoms with E-state index < -0.39 is 11.2 Å². The molecular weight excluding hydrogens is 402 g/mol. The number of carbonyl (C=O) groups is 2. The zero-order valence-electron chi connectivity index (χ0n) is 14.4. The minimum absolute atomic E-state index is 0.0554. The van der Waals surface area contributed by atoms with Crippen LogP contribution in [0.4, 0.5) is 5.69 Å². The molecule has 0 spiro atoms. The number of anilines is 1. The predicted molar refractivity (Wildman–Crippen MR) is 104 cm³/mol. The molecule has 1 atom stereocenters. The minimum Gasteiger partial charge on any atom is -0.456 e. The van der Waals surface area contributed by atoms with E-state index in [2.05, 4.69) is 15.5 Å². The van der Waals surface area contributed by atoms with Crippen LogP contribution in [0.15, 0.2) is 57.9 Å². The van der Waals surface area contributed by atoms with Gasteiger partial charge < -0.3 is 14.6 Å². The highest BCUT2D eigenvalue weighted by Crippen LogP contribution is 2.36. The number of halogens is 1. The maximum absolute atomic E-state index is 12.2. The molecule has 0 bridgehead atoms. The number of nitrogens with one attached hydrogen (secondary N) is 1. The Kier molecular flexibility index (Phi) is 5.31. The van der Waals surface area contributed by atoms with E-state index in [1.165, 1.54) is 11.8 Å². The van der Waals surface area contributed by atoms with Gasteiger partial charge >= 0.3 is 5.97 Å². The topological polar surface area (TPSA) is 94.3 Å². The lowest BCUT2D eigenvalue weighted by Gasteiger charge is -2.23. The quantitative estimate of drug-likeness (QED) is 0.630. The van der Waals surface area contributed by atoms with Crippen LogP contribution in [0, 0.1) is 0 Å². The van der Waals surface area contributed by atoms with Crippen molar-refractivity contribution in [2.75, 3.05) is 5.32 Å². The monoisotopic (exact) mass is 415 g/mol. The SMILES string of the molecule is O=C(C[C@H]1Sc2ccccc2NC1=O)OCc1nc(-c2cccc(Cl)c2)no1. The number of rotatable bonds is 5. The number of nitrogens with zero attached hydrogens (tertiary/aromatic N) is 2. The Morgan fingerprint density at radius 2 is 2.11 bits per heavy atom. The molecule has 2 heterocycles. The van der Waals surface area contributed by atoms with Crippen LogP contribution in [0.5, 0.6) is 0 Å². The second-order valence-corrected chi connectivity index (χ2v) is 7.66. The molecule has 0 radical (unpaired) electrons. The van der Waals surface area contributed by atoms with E-state index in [0.717, 1.165) is 10.6 Å². The van der Waals surface area contributed by atoms with E-state index in [-0.39, 0.29) is 24.8 Å². The fourth-order valence-corrected chi connectivity index (χ4v) is 3.92. The number of aromatic nitrogens is 2. The lowest BCUT2D eigenvalue weighted by Crippen LogP contribution is -2.31.